The van der Waals surface area contributed by atoms with Crippen molar-refractivity contribution in [3.8, 4) is 12.3 Å². The minimum Gasteiger partial charge on any atom is -0.770 e. The van der Waals surface area contributed by atoms with Gasteiger partial charge in [0.1, 0.15) is 0 Å². The molecule has 0 fully saturated rings. The number of rotatable bonds is 4. The third-order valence-corrected chi connectivity index (χ3v) is 2.35. The molecule has 80 valence electrons. The number of carbonyl (C=O) groups is 1. The van der Waals surface area contributed by atoms with E-state index in [1.54, 1.807) is 0 Å². The van der Waals surface area contributed by atoms with E-state index in [0.29, 0.717) is 0 Å². The number of ether oxygens (including phenoxy) is 1. The normalized spacial score (nSPS) is 14.3. The van der Waals surface area contributed by atoms with E-state index in [2.05, 4.69) is 15.2 Å². The molecule has 0 aliphatic heterocycles. The van der Waals surface area contributed by atoms with Crippen molar-refractivity contribution in [3.05, 3.63) is 0 Å². The summed E-state index contributed by atoms with van der Waals surface area (Å²) in [5.41, 5.74) is -2.70. The number of hydrogen-bond donors (Lipinski definition) is 0. The van der Waals surface area contributed by atoms with E-state index in [1.807, 2.05) is 0 Å². The molecular weight excluding hydrogens is 214 g/mol. The summed E-state index contributed by atoms with van der Waals surface area (Å²) in [6, 6.07) is 0. The van der Waals surface area contributed by atoms with Gasteiger partial charge in [-0.05, 0) is 20.8 Å². The van der Waals surface area contributed by atoms with Gasteiger partial charge < -0.3 is 14.2 Å². The summed E-state index contributed by atoms with van der Waals surface area (Å²) >= 11 is 0. The monoisotopic (exact) mass is 226 g/mol. The van der Waals surface area contributed by atoms with Gasteiger partial charge in [-0.2, -0.15) is 0 Å². The van der Waals surface area contributed by atoms with E-state index >= 15 is 0 Å². The molecular formula is C8H12LiO5P. The van der Waals surface area contributed by atoms with Crippen molar-refractivity contribution in [2.45, 2.75) is 26.4 Å². The topological polar surface area (TPSA) is 75.7 Å². The maximum absolute atomic E-state index is 11.0. The summed E-state index contributed by atoms with van der Waals surface area (Å²) in [6.45, 7) is 4.13. The molecule has 0 radical (unpaired) electrons. The van der Waals surface area contributed by atoms with Crippen LogP contribution in [0.5, 0.6) is 0 Å². The Morgan fingerprint density at radius 2 is 2.07 bits per heavy atom. The number of terminal acetylenes is 1. The van der Waals surface area contributed by atoms with Gasteiger partial charge in [0.2, 0.25) is 7.60 Å². The van der Waals surface area contributed by atoms with E-state index in [4.69, 9.17) is 6.42 Å². The molecule has 0 aromatic heterocycles. The molecule has 7 heteroatoms. The Morgan fingerprint density at radius 1 is 1.60 bits per heavy atom. The first kappa shape index (κ1) is 17.2. The first-order valence-electron chi connectivity index (χ1n) is 3.92. The fourth-order valence-electron chi connectivity index (χ4n) is 0.526. The summed E-state index contributed by atoms with van der Waals surface area (Å²) in [5.74, 6) is 2.13. The van der Waals surface area contributed by atoms with Crippen molar-refractivity contribution in [3.63, 3.8) is 0 Å². The fourth-order valence-corrected chi connectivity index (χ4v) is 1.31. The van der Waals surface area contributed by atoms with E-state index in [0.717, 1.165) is 0 Å². The molecule has 0 saturated heterocycles. The average molecular weight is 226 g/mol. The molecule has 0 amide bonds. The van der Waals surface area contributed by atoms with Crippen molar-refractivity contribution in [2.75, 3.05) is 6.61 Å². The van der Waals surface area contributed by atoms with Crippen LogP contribution in [0.15, 0.2) is 0 Å². The zero-order valence-electron chi connectivity index (χ0n) is 9.27. The van der Waals surface area contributed by atoms with Crippen LogP contribution in [0.4, 0.5) is 4.79 Å². The van der Waals surface area contributed by atoms with Gasteiger partial charge in [0.25, 0.3) is 0 Å². The first-order chi connectivity index (χ1) is 6.25. The molecule has 0 bridgehead atoms. The van der Waals surface area contributed by atoms with Crippen molar-refractivity contribution >= 4 is 13.3 Å². The van der Waals surface area contributed by atoms with Gasteiger partial charge in [-0.15, -0.1) is 6.42 Å². The summed E-state index contributed by atoms with van der Waals surface area (Å²) < 4.78 is 19.8. The summed E-state index contributed by atoms with van der Waals surface area (Å²) in [7, 11) is -4.60. The number of carbonyl (C=O) groups excluding carboxylic acids is 1. The molecule has 0 spiro atoms. The molecule has 0 aliphatic carbocycles. The zero-order valence-corrected chi connectivity index (χ0v) is 10.2. The van der Waals surface area contributed by atoms with E-state index in [9.17, 15) is 14.3 Å². The van der Waals surface area contributed by atoms with E-state index in [1.165, 1.54) is 20.8 Å². The molecule has 0 aliphatic rings. The van der Waals surface area contributed by atoms with Crippen LogP contribution in [0.1, 0.15) is 20.8 Å². The van der Waals surface area contributed by atoms with Gasteiger partial charge in [0, 0.05) is 0 Å². The zero-order chi connectivity index (χ0) is 11.4. The van der Waals surface area contributed by atoms with Gasteiger partial charge in [0.15, 0.2) is 5.60 Å². The van der Waals surface area contributed by atoms with Crippen LogP contribution in [-0.4, -0.2) is 17.9 Å². The van der Waals surface area contributed by atoms with Gasteiger partial charge in [-0.25, -0.2) is 4.79 Å². The second-order valence-corrected chi connectivity index (χ2v) is 4.56. The van der Waals surface area contributed by atoms with E-state index in [-0.39, 0.29) is 25.5 Å². The van der Waals surface area contributed by atoms with Crippen LogP contribution < -0.4 is 23.8 Å². The van der Waals surface area contributed by atoms with Crippen LogP contribution >= 0.6 is 7.60 Å². The molecule has 0 saturated carbocycles. The van der Waals surface area contributed by atoms with Crippen LogP contribution in [0.3, 0.4) is 0 Å². The third kappa shape index (κ3) is 6.05. The SMILES string of the molecule is C#CC(C)(C)OC(=O)P(=O)([O-])OCC.[Li+]. The van der Waals surface area contributed by atoms with Crippen molar-refractivity contribution < 1.29 is 42.4 Å². The standard InChI is InChI=1S/C8H13O5P.Li/c1-5-8(3,4)13-7(9)14(10,11)12-6-2;/h1H,6H2,2-4H3,(H,10,11);/q;+1/p-1. The van der Waals surface area contributed by atoms with Crippen molar-refractivity contribution in [1.82, 2.24) is 0 Å². The Hall–Kier alpha value is -0.223. The van der Waals surface area contributed by atoms with Gasteiger partial charge in [0.05, 0.1) is 6.61 Å². The second-order valence-electron chi connectivity index (χ2n) is 2.94. The smallest absolute Gasteiger partial charge is 0.770 e. The molecule has 0 N–H and O–H groups in total. The number of hydrogen-bond acceptors (Lipinski definition) is 5. The summed E-state index contributed by atoms with van der Waals surface area (Å²) in [6.07, 6.45) is 5.01. The summed E-state index contributed by atoms with van der Waals surface area (Å²) in [4.78, 5) is 22.0. The molecule has 1 atom stereocenters. The minimum absolute atomic E-state index is 0. The average Bonchev–Trinajstić information content (AvgIpc) is 2.03. The molecule has 1 unspecified atom stereocenters. The quantitative estimate of drug-likeness (QED) is 0.319. The summed E-state index contributed by atoms with van der Waals surface area (Å²) in [5, 5.41) is 0. The van der Waals surface area contributed by atoms with Gasteiger partial charge in [-0.1, -0.05) is 5.92 Å². The molecule has 0 aromatic rings. The van der Waals surface area contributed by atoms with Crippen LogP contribution in [0.25, 0.3) is 0 Å². The second kappa shape index (κ2) is 6.38. The molecule has 0 rings (SSSR count). The van der Waals surface area contributed by atoms with Crippen LogP contribution in [-0.2, 0) is 13.8 Å². The fraction of sp³-hybridized carbons (Fsp3) is 0.625. The van der Waals surface area contributed by atoms with E-state index < -0.39 is 18.9 Å². The largest absolute Gasteiger partial charge is 1.00 e. The van der Waals surface area contributed by atoms with Crippen molar-refractivity contribution in [1.29, 1.82) is 0 Å². The van der Waals surface area contributed by atoms with Gasteiger partial charge >= 0.3 is 24.6 Å². The molecule has 0 aromatic carbocycles. The maximum atomic E-state index is 11.0. The Bertz CT molecular complexity index is 307. The Labute approximate surface area is 101 Å². The Balaban J connectivity index is 0. The molecule has 15 heavy (non-hydrogen) atoms. The molecule has 5 nitrogen and oxygen atoms in total. The van der Waals surface area contributed by atoms with Gasteiger partial charge in [-0.3, -0.25) is 4.57 Å². The maximum Gasteiger partial charge on any atom is 1.00 e. The third-order valence-electron chi connectivity index (χ3n) is 1.21. The van der Waals surface area contributed by atoms with Crippen molar-refractivity contribution in [2.24, 2.45) is 0 Å². The Kier molecular flexibility index (Phi) is 7.31. The van der Waals surface area contributed by atoms with Crippen LogP contribution in [0, 0.1) is 12.3 Å². The first-order valence-corrected chi connectivity index (χ1v) is 5.46. The van der Waals surface area contributed by atoms with Crippen LogP contribution in [0.2, 0.25) is 0 Å². The molecule has 0 heterocycles. The minimum atomic E-state index is -4.60. The predicted octanol–water partition coefficient (Wildman–Crippen LogP) is -1.87. The predicted molar refractivity (Wildman–Crippen MR) is 48.6 cm³/mol. The Morgan fingerprint density at radius 3 is 2.40 bits per heavy atom.